The molecule has 0 radical (unpaired) electrons. The summed E-state index contributed by atoms with van der Waals surface area (Å²) in [6.07, 6.45) is 5.37. The van der Waals surface area contributed by atoms with Gasteiger partial charge in [-0.1, -0.05) is 43.3 Å². The molecule has 40 heavy (non-hydrogen) atoms. The molecular formula is C32H44FN3O4. The molecule has 0 aromatic heterocycles. The van der Waals surface area contributed by atoms with Crippen molar-refractivity contribution in [2.24, 2.45) is 11.8 Å². The Hall–Kier alpha value is -2.97. The number of hydrogen-bond acceptors (Lipinski definition) is 4. The van der Waals surface area contributed by atoms with Gasteiger partial charge in [0.15, 0.2) is 0 Å². The number of hydrogen-bond donors (Lipinski definition) is 4. The Morgan fingerprint density at radius 2 is 1.93 bits per heavy atom. The molecule has 0 aliphatic carbocycles. The second-order valence-electron chi connectivity index (χ2n) is 11.4. The molecule has 2 aromatic carbocycles. The fourth-order valence-corrected chi connectivity index (χ4v) is 6.49. The summed E-state index contributed by atoms with van der Waals surface area (Å²) < 4.78 is 15.6. The van der Waals surface area contributed by atoms with Crippen LogP contribution in [0.25, 0.3) is 11.1 Å². The van der Waals surface area contributed by atoms with Crippen LogP contribution in [0.1, 0.15) is 69.4 Å². The van der Waals surface area contributed by atoms with Crippen LogP contribution >= 0.6 is 0 Å². The fourth-order valence-electron chi connectivity index (χ4n) is 6.49. The van der Waals surface area contributed by atoms with Crippen LogP contribution in [0.3, 0.4) is 0 Å². The standard InChI is InChI=1S/C32H44FN3O4/c1-2-23-7-3-8-25(21-23)30-27(10-4-11-28(30)33)32(40,16-6-17-35-31(38)39)26-9-5-20-36(22-26)29(37)13-12-24-14-18-34-19-15-24/h3-4,7-8,10-11,21,24,26,34-35,40H,2,5-6,9,12-20,22H2,1H3,(H,38,39)/t26-,32+/m1/s1. The SMILES string of the molecule is CCc1cccc(-c2c(F)cccc2[C@](O)(CCCNC(=O)O)[C@@H]2CCCN(C(=O)CCC3CCNCC3)C2)c1. The van der Waals surface area contributed by atoms with Gasteiger partial charge in [-0.15, -0.1) is 0 Å². The molecule has 8 heteroatoms. The normalized spacial score (nSPS) is 19.7. The van der Waals surface area contributed by atoms with Crippen molar-refractivity contribution in [3.63, 3.8) is 0 Å². The van der Waals surface area contributed by atoms with Crippen LogP contribution in [0.5, 0.6) is 0 Å². The Bertz CT molecular complexity index is 1150. The molecule has 2 aliphatic heterocycles. The molecule has 2 amide bonds. The van der Waals surface area contributed by atoms with E-state index in [2.05, 4.69) is 10.6 Å². The number of piperidine rings is 2. The molecule has 0 unspecified atom stereocenters. The van der Waals surface area contributed by atoms with Crippen molar-refractivity contribution in [2.75, 3.05) is 32.7 Å². The number of carboxylic acid groups (broad SMARTS) is 1. The molecule has 0 spiro atoms. The lowest BCUT2D eigenvalue weighted by molar-refractivity contribution is -0.137. The minimum atomic E-state index is -1.44. The van der Waals surface area contributed by atoms with Crippen molar-refractivity contribution >= 4 is 12.0 Å². The zero-order valence-electron chi connectivity index (χ0n) is 23.6. The van der Waals surface area contributed by atoms with E-state index in [0.29, 0.717) is 55.0 Å². The maximum atomic E-state index is 15.6. The fraction of sp³-hybridized carbons (Fsp3) is 0.562. The van der Waals surface area contributed by atoms with Gasteiger partial charge in [0.25, 0.3) is 0 Å². The second-order valence-corrected chi connectivity index (χ2v) is 11.4. The number of aliphatic hydroxyl groups is 1. The summed E-state index contributed by atoms with van der Waals surface area (Å²) in [5.41, 5.74) is 1.23. The van der Waals surface area contributed by atoms with E-state index in [9.17, 15) is 14.7 Å². The lowest BCUT2D eigenvalue weighted by atomic mass is 9.72. The summed E-state index contributed by atoms with van der Waals surface area (Å²) in [5, 5.41) is 27.3. The molecule has 2 saturated heterocycles. The molecule has 218 valence electrons. The molecule has 2 fully saturated rings. The molecule has 2 aliphatic rings. The molecule has 2 atom stereocenters. The lowest BCUT2D eigenvalue weighted by Gasteiger charge is -2.44. The van der Waals surface area contributed by atoms with Crippen molar-refractivity contribution in [1.82, 2.24) is 15.5 Å². The monoisotopic (exact) mass is 553 g/mol. The Labute approximate surface area is 237 Å². The number of carbonyl (C=O) groups is 2. The lowest BCUT2D eigenvalue weighted by Crippen LogP contribution is -2.48. The summed E-state index contributed by atoms with van der Waals surface area (Å²) in [6.45, 7) is 5.30. The van der Waals surface area contributed by atoms with Gasteiger partial charge < -0.3 is 25.7 Å². The second kappa shape index (κ2) is 14.1. The first-order chi connectivity index (χ1) is 19.3. The van der Waals surface area contributed by atoms with Crippen LogP contribution in [-0.4, -0.2) is 59.8 Å². The maximum absolute atomic E-state index is 15.6. The molecular weight excluding hydrogens is 509 g/mol. The van der Waals surface area contributed by atoms with Gasteiger partial charge >= 0.3 is 6.09 Å². The molecule has 4 N–H and O–H groups in total. The predicted molar refractivity (Wildman–Crippen MR) is 155 cm³/mol. The van der Waals surface area contributed by atoms with Crippen molar-refractivity contribution in [3.05, 3.63) is 59.4 Å². The van der Waals surface area contributed by atoms with E-state index in [4.69, 9.17) is 5.11 Å². The number of nitrogens with one attached hydrogen (secondary N) is 2. The van der Waals surface area contributed by atoms with Gasteiger partial charge in [-0.2, -0.15) is 0 Å². The van der Waals surface area contributed by atoms with E-state index >= 15 is 4.39 Å². The third-order valence-corrected chi connectivity index (χ3v) is 8.79. The van der Waals surface area contributed by atoms with Crippen LogP contribution in [0.15, 0.2) is 42.5 Å². The molecule has 0 bridgehead atoms. The van der Waals surface area contributed by atoms with Crippen molar-refractivity contribution in [1.29, 1.82) is 0 Å². The van der Waals surface area contributed by atoms with Gasteiger partial charge in [-0.3, -0.25) is 4.79 Å². The average molecular weight is 554 g/mol. The maximum Gasteiger partial charge on any atom is 0.404 e. The predicted octanol–water partition coefficient (Wildman–Crippen LogP) is 5.31. The highest BCUT2D eigenvalue weighted by molar-refractivity contribution is 5.76. The van der Waals surface area contributed by atoms with Crippen LogP contribution < -0.4 is 10.6 Å². The topological polar surface area (TPSA) is 102 Å². The molecule has 2 aromatic rings. The number of aryl methyl sites for hydroxylation is 1. The van der Waals surface area contributed by atoms with Crippen molar-refractivity contribution in [3.8, 4) is 11.1 Å². The van der Waals surface area contributed by atoms with Gasteiger partial charge in [0.1, 0.15) is 5.82 Å². The zero-order chi connectivity index (χ0) is 28.5. The van der Waals surface area contributed by atoms with Gasteiger partial charge in [-0.25, -0.2) is 9.18 Å². The molecule has 4 rings (SSSR count). The number of halogens is 1. The third kappa shape index (κ3) is 7.40. The largest absolute Gasteiger partial charge is 0.465 e. The smallest absolute Gasteiger partial charge is 0.404 e. The minimum absolute atomic E-state index is 0.119. The Morgan fingerprint density at radius 1 is 1.15 bits per heavy atom. The summed E-state index contributed by atoms with van der Waals surface area (Å²) in [4.78, 5) is 26.2. The first-order valence-electron chi connectivity index (χ1n) is 14.9. The summed E-state index contributed by atoms with van der Waals surface area (Å²) >= 11 is 0. The highest BCUT2D eigenvalue weighted by Crippen LogP contribution is 2.44. The summed E-state index contributed by atoms with van der Waals surface area (Å²) in [5.74, 6) is -0.0196. The summed E-state index contributed by atoms with van der Waals surface area (Å²) in [7, 11) is 0. The average Bonchev–Trinajstić information content (AvgIpc) is 2.98. The van der Waals surface area contributed by atoms with E-state index in [1.165, 1.54) is 6.07 Å². The van der Waals surface area contributed by atoms with Gasteiger partial charge in [0.05, 0.1) is 5.60 Å². The van der Waals surface area contributed by atoms with Crippen molar-refractivity contribution < 1.29 is 24.2 Å². The van der Waals surface area contributed by atoms with E-state index in [1.54, 1.807) is 12.1 Å². The number of rotatable bonds is 11. The number of benzene rings is 2. The van der Waals surface area contributed by atoms with Crippen molar-refractivity contribution in [2.45, 2.75) is 70.3 Å². The van der Waals surface area contributed by atoms with Gasteiger partial charge in [0.2, 0.25) is 5.91 Å². The van der Waals surface area contributed by atoms with Crippen LogP contribution in [-0.2, 0) is 16.8 Å². The Morgan fingerprint density at radius 3 is 2.67 bits per heavy atom. The highest BCUT2D eigenvalue weighted by atomic mass is 19.1. The van der Waals surface area contributed by atoms with E-state index < -0.39 is 17.5 Å². The molecule has 7 nitrogen and oxygen atoms in total. The van der Waals surface area contributed by atoms with Gasteiger partial charge in [-0.05, 0) is 93.1 Å². The third-order valence-electron chi connectivity index (χ3n) is 8.79. The number of likely N-dealkylation sites (tertiary alicyclic amines) is 1. The van der Waals surface area contributed by atoms with E-state index in [0.717, 1.165) is 50.8 Å². The summed E-state index contributed by atoms with van der Waals surface area (Å²) in [6, 6.07) is 12.6. The van der Waals surface area contributed by atoms with Crippen LogP contribution in [0.4, 0.5) is 9.18 Å². The minimum Gasteiger partial charge on any atom is -0.465 e. The number of amides is 2. The number of carbonyl (C=O) groups excluding carboxylic acids is 1. The van der Waals surface area contributed by atoms with E-state index in [1.807, 2.05) is 36.1 Å². The van der Waals surface area contributed by atoms with Crippen LogP contribution in [0.2, 0.25) is 0 Å². The Kier molecular flexibility index (Phi) is 10.6. The first-order valence-corrected chi connectivity index (χ1v) is 14.9. The molecule has 2 heterocycles. The van der Waals surface area contributed by atoms with Gasteiger partial charge in [0, 0.05) is 37.5 Å². The quantitative estimate of drug-likeness (QED) is 0.283. The van der Waals surface area contributed by atoms with E-state index in [-0.39, 0.29) is 24.8 Å². The molecule has 0 saturated carbocycles. The zero-order valence-corrected chi connectivity index (χ0v) is 23.6. The number of nitrogens with zero attached hydrogens (tertiary/aromatic N) is 1. The first kappa shape index (κ1) is 30.0. The van der Waals surface area contributed by atoms with Crippen LogP contribution in [0, 0.1) is 17.7 Å². The highest BCUT2D eigenvalue weighted by Gasteiger charge is 2.43. The Balaban J connectivity index is 1.61.